The predicted octanol–water partition coefficient (Wildman–Crippen LogP) is 4.90. The molecule has 3 rings (SSSR count). The first-order valence-corrected chi connectivity index (χ1v) is 8.44. The summed E-state index contributed by atoms with van der Waals surface area (Å²) in [5.41, 5.74) is 6.80. The van der Waals surface area contributed by atoms with Crippen LogP contribution in [0.5, 0.6) is 0 Å². The average molecular weight is 321 g/mol. The standard InChI is InChI=1S/C21H23NO2/c1-3-24-14-8-4-5-9-16-12-13-18-17-10-6-7-11-19(17)21(22-23-2)20(18)15-16/h5-7,9-13,15H,3-4,8,14H2,1-2H3/b9-5+,22-21+. The summed E-state index contributed by atoms with van der Waals surface area (Å²) in [6.07, 6.45) is 6.45. The molecule has 1 aliphatic carbocycles. The summed E-state index contributed by atoms with van der Waals surface area (Å²) in [6.45, 7) is 3.64. The third-order valence-corrected chi connectivity index (χ3v) is 4.13. The van der Waals surface area contributed by atoms with E-state index in [4.69, 9.17) is 9.57 Å². The minimum atomic E-state index is 0.788. The first-order valence-electron chi connectivity index (χ1n) is 8.44. The fraction of sp³-hybridized carbons (Fsp3) is 0.286. The van der Waals surface area contributed by atoms with Gasteiger partial charge in [0.1, 0.15) is 12.8 Å². The van der Waals surface area contributed by atoms with Crippen LogP contribution in [0.2, 0.25) is 0 Å². The third-order valence-electron chi connectivity index (χ3n) is 4.13. The zero-order valence-corrected chi connectivity index (χ0v) is 14.3. The Balaban J connectivity index is 1.81. The number of unbranched alkanes of at least 4 members (excludes halogenated alkanes) is 1. The van der Waals surface area contributed by atoms with Crippen LogP contribution in [0.15, 0.2) is 53.7 Å². The molecule has 2 aromatic rings. The number of fused-ring (bicyclic) bond motifs is 3. The first-order chi connectivity index (χ1) is 11.8. The second-order valence-electron chi connectivity index (χ2n) is 5.71. The van der Waals surface area contributed by atoms with E-state index in [1.165, 1.54) is 16.7 Å². The Morgan fingerprint density at radius 3 is 2.58 bits per heavy atom. The summed E-state index contributed by atoms with van der Waals surface area (Å²) in [5.74, 6) is 0. The van der Waals surface area contributed by atoms with Gasteiger partial charge in [0, 0.05) is 24.3 Å². The summed E-state index contributed by atoms with van der Waals surface area (Å²) in [6, 6.07) is 14.8. The number of ether oxygens (including phenoxy) is 1. The van der Waals surface area contributed by atoms with Crippen LogP contribution < -0.4 is 0 Å². The van der Waals surface area contributed by atoms with Gasteiger partial charge in [-0.3, -0.25) is 0 Å². The minimum absolute atomic E-state index is 0.788. The van der Waals surface area contributed by atoms with Gasteiger partial charge in [-0.05, 0) is 42.5 Å². The van der Waals surface area contributed by atoms with Gasteiger partial charge in [-0.1, -0.05) is 53.7 Å². The lowest BCUT2D eigenvalue weighted by Crippen LogP contribution is -1.99. The molecule has 0 aromatic heterocycles. The molecule has 0 aliphatic heterocycles. The largest absolute Gasteiger partial charge is 0.399 e. The molecule has 0 atom stereocenters. The summed E-state index contributed by atoms with van der Waals surface area (Å²) < 4.78 is 5.36. The highest BCUT2D eigenvalue weighted by atomic mass is 16.6. The van der Waals surface area contributed by atoms with Crippen molar-refractivity contribution in [1.29, 1.82) is 0 Å². The third kappa shape index (κ3) is 3.41. The highest BCUT2D eigenvalue weighted by Crippen LogP contribution is 2.37. The van der Waals surface area contributed by atoms with Gasteiger partial charge in [0.05, 0.1) is 0 Å². The van der Waals surface area contributed by atoms with Crippen molar-refractivity contribution in [1.82, 2.24) is 0 Å². The SMILES string of the molecule is CCOCCC/C=C/c1ccc2c(c1)/C(=N/OC)c1ccccc1-2. The predicted molar refractivity (Wildman–Crippen MR) is 99.3 cm³/mol. The van der Waals surface area contributed by atoms with E-state index in [1.54, 1.807) is 7.11 Å². The number of hydrogen-bond donors (Lipinski definition) is 0. The zero-order valence-electron chi connectivity index (χ0n) is 14.3. The van der Waals surface area contributed by atoms with Crippen LogP contribution in [0.4, 0.5) is 0 Å². The molecule has 2 aromatic carbocycles. The molecule has 1 aliphatic rings. The molecule has 124 valence electrons. The van der Waals surface area contributed by atoms with Gasteiger partial charge in [-0.2, -0.15) is 0 Å². The molecular weight excluding hydrogens is 298 g/mol. The van der Waals surface area contributed by atoms with Crippen LogP contribution in [0.25, 0.3) is 17.2 Å². The maximum atomic E-state index is 5.36. The van der Waals surface area contributed by atoms with Crippen molar-refractivity contribution in [3.05, 3.63) is 65.2 Å². The second kappa shape index (κ2) is 7.93. The molecule has 0 N–H and O–H groups in total. The van der Waals surface area contributed by atoms with Gasteiger partial charge in [-0.15, -0.1) is 0 Å². The van der Waals surface area contributed by atoms with Crippen LogP contribution in [0.3, 0.4) is 0 Å². The van der Waals surface area contributed by atoms with Crippen LogP contribution >= 0.6 is 0 Å². The highest BCUT2D eigenvalue weighted by molar-refractivity contribution is 6.24. The lowest BCUT2D eigenvalue weighted by atomic mass is 10.0. The Morgan fingerprint density at radius 2 is 1.79 bits per heavy atom. The summed E-state index contributed by atoms with van der Waals surface area (Å²) in [5, 5.41) is 4.25. The van der Waals surface area contributed by atoms with E-state index < -0.39 is 0 Å². The van der Waals surface area contributed by atoms with Crippen LogP contribution in [-0.4, -0.2) is 26.0 Å². The van der Waals surface area contributed by atoms with Crippen molar-refractivity contribution >= 4 is 11.8 Å². The quantitative estimate of drug-likeness (QED) is 0.458. The van der Waals surface area contributed by atoms with Crippen LogP contribution in [0, 0.1) is 0 Å². The Labute approximate surface area is 143 Å². The Morgan fingerprint density at radius 1 is 1.00 bits per heavy atom. The fourth-order valence-corrected chi connectivity index (χ4v) is 3.02. The van der Waals surface area contributed by atoms with E-state index in [0.29, 0.717) is 0 Å². The molecular formula is C21H23NO2. The normalized spacial score (nSPS) is 14.2. The fourth-order valence-electron chi connectivity index (χ4n) is 3.02. The van der Waals surface area contributed by atoms with Gasteiger partial charge >= 0.3 is 0 Å². The molecule has 0 saturated carbocycles. The molecule has 0 unspecified atom stereocenters. The lowest BCUT2D eigenvalue weighted by molar-refractivity contribution is 0.145. The van der Waals surface area contributed by atoms with E-state index >= 15 is 0 Å². The first kappa shape index (κ1) is 16.5. The van der Waals surface area contributed by atoms with Gasteiger partial charge in [0.25, 0.3) is 0 Å². The monoisotopic (exact) mass is 321 g/mol. The molecule has 0 amide bonds. The molecule has 24 heavy (non-hydrogen) atoms. The van der Waals surface area contributed by atoms with Crippen LogP contribution in [0.1, 0.15) is 36.5 Å². The molecule has 0 fully saturated rings. The number of nitrogens with zero attached hydrogens (tertiary/aromatic N) is 1. The number of allylic oxidation sites excluding steroid dienone is 1. The van der Waals surface area contributed by atoms with E-state index in [0.717, 1.165) is 42.9 Å². The molecule has 0 spiro atoms. The number of benzene rings is 2. The molecule has 0 bridgehead atoms. The summed E-state index contributed by atoms with van der Waals surface area (Å²) in [7, 11) is 1.59. The van der Waals surface area contributed by atoms with E-state index in [1.807, 2.05) is 13.0 Å². The minimum Gasteiger partial charge on any atom is -0.399 e. The molecule has 0 heterocycles. The van der Waals surface area contributed by atoms with Gasteiger partial charge in [0.2, 0.25) is 0 Å². The van der Waals surface area contributed by atoms with Crippen molar-refractivity contribution < 1.29 is 9.57 Å². The summed E-state index contributed by atoms with van der Waals surface area (Å²) >= 11 is 0. The van der Waals surface area contributed by atoms with Gasteiger partial charge < -0.3 is 9.57 Å². The summed E-state index contributed by atoms with van der Waals surface area (Å²) in [4.78, 5) is 5.07. The van der Waals surface area contributed by atoms with Crippen molar-refractivity contribution in [2.24, 2.45) is 5.16 Å². The highest BCUT2D eigenvalue weighted by Gasteiger charge is 2.25. The van der Waals surface area contributed by atoms with E-state index in [-0.39, 0.29) is 0 Å². The molecule has 0 radical (unpaired) electrons. The van der Waals surface area contributed by atoms with E-state index in [9.17, 15) is 0 Å². The van der Waals surface area contributed by atoms with E-state index in [2.05, 4.69) is 53.7 Å². The van der Waals surface area contributed by atoms with Crippen molar-refractivity contribution in [3.8, 4) is 11.1 Å². The zero-order chi connectivity index (χ0) is 16.8. The molecule has 0 saturated heterocycles. The maximum absolute atomic E-state index is 5.36. The number of hydrogen-bond acceptors (Lipinski definition) is 3. The molecule has 3 heteroatoms. The van der Waals surface area contributed by atoms with Gasteiger partial charge in [0.15, 0.2) is 0 Å². The Kier molecular flexibility index (Phi) is 5.44. The maximum Gasteiger partial charge on any atom is 0.118 e. The van der Waals surface area contributed by atoms with Crippen molar-refractivity contribution in [3.63, 3.8) is 0 Å². The smallest absolute Gasteiger partial charge is 0.118 e. The van der Waals surface area contributed by atoms with Gasteiger partial charge in [-0.25, -0.2) is 0 Å². The average Bonchev–Trinajstić information content (AvgIpc) is 2.92. The number of oxime groups is 1. The van der Waals surface area contributed by atoms with Crippen LogP contribution in [-0.2, 0) is 9.57 Å². The second-order valence-corrected chi connectivity index (χ2v) is 5.71. The molecule has 3 nitrogen and oxygen atoms in total. The number of rotatable bonds is 7. The Bertz CT molecular complexity index is 762. The Hall–Kier alpha value is -2.39. The van der Waals surface area contributed by atoms with Crippen molar-refractivity contribution in [2.75, 3.05) is 20.3 Å². The topological polar surface area (TPSA) is 30.8 Å². The van der Waals surface area contributed by atoms with Crippen molar-refractivity contribution in [2.45, 2.75) is 19.8 Å². The lowest BCUT2D eigenvalue weighted by Gasteiger charge is -2.03.